The summed E-state index contributed by atoms with van der Waals surface area (Å²) in [5, 5.41) is 11.3. The number of amides is 1. The fourth-order valence-corrected chi connectivity index (χ4v) is 4.79. The number of aromatic nitrogens is 1. The minimum atomic E-state index is -1.04. The number of halogens is 2. The minimum absolute atomic E-state index is 0.299. The Morgan fingerprint density at radius 1 is 1.00 bits per heavy atom. The smallest absolute Gasteiger partial charge is 0.326 e. The van der Waals surface area contributed by atoms with Gasteiger partial charge in [0, 0.05) is 28.9 Å². The number of carboxylic acid groups (broad SMARTS) is 1. The molecule has 0 radical (unpaired) electrons. The molecule has 1 amide bonds. The fourth-order valence-electron chi connectivity index (χ4n) is 4.54. The van der Waals surface area contributed by atoms with Gasteiger partial charge >= 0.3 is 5.97 Å². The lowest BCUT2D eigenvalue weighted by Gasteiger charge is -2.47. The summed E-state index contributed by atoms with van der Waals surface area (Å²) in [6.07, 6.45) is 3.07. The normalized spacial score (nSPS) is 21.1. The summed E-state index contributed by atoms with van der Waals surface area (Å²) < 4.78 is 6.48. The van der Waals surface area contributed by atoms with E-state index in [0.29, 0.717) is 29.3 Å². The molecule has 1 aromatic heterocycles. The van der Waals surface area contributed by atoms with E-state index in [1.807, 2.05) is 43.3 Å². The van der Waals surface area contributed by atoms with Crippen LogP contribution in [0.4, 0.5) is 0 Å². The Kier molecular flexibility index (Phi) is 8.06. The molecule has 0 spiro atoms. The second kappa shape index (κ2) is 11.2. The van der Waals surface area contributed by atoms with E-state index < -0.39 is 30.3 Å². The van der Waals surface area contributed by atoms with E-state index in [4.69, 9.17) is 27.9 Å². The second-order valence-corrected chi connectivity index (χ2v) is 9.41. The number of aliphatic carboxylic acids is 1. The van der Waals surface area contributed by atoms with Gasteiger partial charge in [-0.05, 0) is 59.5 Å². The molecule has 3 aromatic rings. The molecule has 6 nitrogen and oxygen atoms in total. The lowest BCUT2D eigenvalue weighted by Crippen LogP contribution is -2.57. The summed E-state index contributed by atoms with van der Waals surface area (Å²) in [6.45, 7) is 1.91. The number of carbonyl (C=O) groups excluding carboxylic acids is 1. The number of carboxylic acids is 1. The maximum absolute atomic E-state index is 13.9. The SMILES string of the molecule is CCC[C@@H](C(=O)O)N1C(=O)[C@@H](Cc2ccncc2)O[C@H](c2ccc(Cl)cc2)C1c1ccc(Cl)cc1. The molecule has 1 N–H and O–H groups in total. The van der Waals surface area contributed by atoms with Crippen molar-refractivity contribution in [3.63, 3.8) is 0 Å². The highest BCUT2D eigenvalue weighted by Crippen LogP contribution is 2.44. The average molecular weight is 513 g/mol. The van der Waals surface area contributed by atoms with Crippen LogP contribution in [0.2, 0.25) is 10.0 Å². The molecule has 182 valence electrons. The highest BCUT2D eigenvalue weighted by Gasteiger charge is 2.48. The predicted octanol–water partition coefficient (Wildman–Crippen LogP) is 5.89. The van der Waals surface area contributed by atoms with Crippen LogP contribution in [0, 0.1) is 0 Å². The van der Waals surface area contributed by atoms with Crippen LogP contribution in [0.15, 0.2) is 73.1 Å². The predicted molar refractivity (Wildman–Crippen MR) is 134 cm³/mol. The first-order valence-electron chi connectivity index (χ1n) is 11.5. The number of rotatable bonds is 8. The van der Waals surface area contributed by atoms with E-state index in [0.717, 1.165) is 16.7 Å². The van der Waals surface area contributed by atoms with E-state index in [9.17, 15) is 14.7 Å². The van der Waals surface area contributed by atoms with Crippen molar-refractivity contribution >= 4 is 35.1 Å². The number of carbonyl (C=O) groups is 2. The third-order valence-corrected chi connectivity index (χ3v) is 6.69. The van der Waals surface area contributed by atoms with Crippen LogP contribution in [0.1, 0.15) is 48.6 Å². The molecule has 8 heteroatoms. The molecule has 0 aliphatic carbocycles. The molecule has 2 heterocycles. The van der Waals surface area contributed by atoms with Crippen molar-refractivity contribution in [1.29, 1.82) is 0 Å². The van der Waals surface area contributed by atoms with Gasteiger partial charge in [0.2, 0.25) is 0 Å². The Hall–Kier alpha value is -2.93. The molecule has 4 rings (SSSR count). The summed E-state index contributed by atoms with van der Waals surface area (Å²) in [5.41, 5.74) is 2.42. The highest BCUT2D eigenvalue weighted by atomic mass is 35.5. The van der Waals surface area contributed by atoms with Crippen molar-refractivity contribution in [2.45, 2.75) is 50.5 Å². The summed E-state index contributed by atoms with van der Waals surface area (Å²) >= 11 is 12.3. The van der Waals surface area contributed by atoms with Gasteiger partial charge in [0.1, 0.15) is 18.2 Å². The molecule has 1 aliphatic rings. The summed E-state index contributed by atoms with van der Waals surface area (Å²) in [7, 11) is 0. The van der Waals surface area contributed by atoms with Crippen LogP contribution in [-0.2, 0) is 20.7 Å². The number of benzene rings is 2. The summed E-state index contributed by atoms with van der Waals surface area (Å²) in [5.74, 6) is -1.40. The van der Waals surface area contributed by atoms with Gasteiger partial charge in [0.15, 0.2) is 0 Å². The number of pyridine rings is 1. The molecule has 1 saturated heterocycles. The minimum Gasteiger partial charge on any atom is -0.480 e. The van der Waals surface area contributed by atoms with Crippen LogP contribution in [0.3, 0.4) is 0 Å². The third-order valence-electron chi connectivity index (χ3n) is 6.19. The number of morpholine rings is 1. The zero-order valence-corrected chi connectivity index (χ0v) is 20.7. The lowest BCUT2D eigenvalue weighted by molar-refractivity contribution is -0.184. The number of nitrogens with zero attached hydrogens (tertiary/aromatic N) is 2. The largest absolute Gasteiger partial charge is 0.480 e. The Labute approximate surface area is 214 Å². The van der Waals surface area contributed by atoms with E-state index in [2.05, 4.69) is 4.98 Å². The van der Waals surface area contributed by atoms with E-state index in [1.54, 1.807) is 36.7 Å². The van der Waals surface area contributed by atoms with Crippen molar-refractivity contribution in [1.82, 2.24) is 9.88 Å². The summed E-state index contributed by atoms with van der Waals surface area (Å²) in [4.78, 5) is 31.9. The Balaban J connectivity index is 1.85. The molecule has 0 saturated carbocycles. The van der Waals surface area contributed by atoms with Gasteiger partial charge in [-0.15, -0.1) is 0 Å². The Bertz CT molecular complexity index is 1160. The van der Waals surface area contributed by atoms with Gasteiger partial charge in [-0.25, -0.2) is 4.79 Å². The maximum Gasteiger partial charge on any atom is 0.326 e. The Morgan fingerprint density at radius 3 is 2.11 bits per heavy atom. The monoisotopic (exact) mass is 512 g/mol. The fraction of sp³-hybridized carbons (Fsp3) is 0.296. The molecule has 1 fully saturated rings. The van der Waals surface area contributed by atoms with Crippen LogP contribution < -0.4 is 0 Å². The van der Waals surface area contributed by atoms with Gasteiger partial charge in [0.25, 0.3) is 5.91 Å². The quantitative estimate of drug-likeness (QED) is 0.406. The molecular formula is C27H26Cl2N2O4. The average Bonchev–Trinajstić information content (AvgIpc) is 2.85. The topological polar surface area (TPSA) is 79.7 Å². The zero-order valence-electron chi connectivity index (χ0n) is 19.2. The van der Waals surface area contributed by atoms with Crippen molar-refractivity contribution in [3.05, 3.63) is 99.8 Å². The van der Waals surface area contributed by atoms with Gasteiger partial charge in [-0.2, -0.15) is 0 Å². The number of hydrogen-bond donors (Lipinski definition) is 1. The number of ether oxygens (including phenoxy) is 1. The van der Waals surface area contributed by atoms with Crippen LogP contribution >= 0.6 is 23.2 Å². The van der Waals surface area contributed by atoms with Crippen molar-refractivity contribution in [3.8, 4) is 0 Å². The van der Waals surface area contributed by atoms with Crippen molar-refractivity contribution in [2.75, 3.05) is 0 Å². The standard InChI is InChI=1S/C27H26Cl2N2O4/c1-2-3-22(27(33)34)31-24(18-4-8-20(28)9-5-18)25(19-6-10-21(29)11-7-19)35-23(26(31)32)16-17-12-14-30-15-13-17/h4-15,22-25H,2-3,16H2,1H3,(H,33,34)/t22-,23+,24?,25+/m0/s1. The van der Waals surface area contributed by atoms with E-state index in [1.165, 1.54) is 4.90 Å². The first-order chi connectivity index (χ1) is 16.9. The van der Waals surface area contributed by atoms with Gasteiger partial charge in [0.05, 0.1) is 6.04 Å². The van der Waals surface area contributed by atoms with Crippen LogP contribution in [-0.4, -0.2) is 39.0 Å². The molecule has 35 heavy (non-hydrogen) atoms. The molecular weight excluding hydrogens is 487 g/mol. The van der Waals surface area contributed by atoms with Gasteiger partial charge < -0.3 is 14.7 Å². The first kappa shape index (κ1) is 25.2. The van der Waals surface area contributed by atoms with E-state index in [-0.39, 0.29) is 5.91 Å². The zero-order chi connectivity index (χ0) is 24.9. The lowest BCUT2D eigenvalue weighted by atomic mass is 9.89. The molecule has 2 aromatic carbocycles. The molecule has 4 atom stereocenters. The van der Waals surface area contributed by atoms with Crippen LogP contribution in [0.5, 0.6) is 0 Å². The Morgan fingerprint density at radius 2 is 1.57 bits per heavy atom. The molecule has 1 aliphatic heterocycles. The second-order valence-electron chi connectivity index (χ2n) is 8.54. The van der Waals surface area contributed by atoms with Gasteiger partial charge in [-0.1, -0.05) is 60.8 Å². The third kappa shape index (κ3) is 5.67. The van der Waals surface area contributed by atoms with Crippen molar-refractivity contribution in [2.24, 2.45) is 0 Å². The highest BCUT2D eigenvalue weighted by molar-refractivity contribution is 6.30. The summed E-state index contributed by atoms with van der Waals surface area (Å²) in [6, 6.07) is 16.3. The van der Waals surface area contributed by atoms with Crippen LogP contribution in [0.25, 0.3) is 0 Å². The van der Waals surface area contributed by atoms with Gasteiger partial charge in [-0.3, -0.25) is 9.78 Å². The molecule has 0 bridgehead atoms. The van der Waals surface area contributed by atoms with Crippen molar-refractivity contribution < 1.29 is 19.4 Å². The number of hydrogen-bond acceptors (Lipinski definition) is 4. The molecule has 1 unspecified atom stereocenters. The first-order valence-corrected chi connectivity index (χ1v) is 12.2. The van der Waals surface area contributed by atoms with E-state index >= 15 is 0 Å². The maximum atomic E-state index is 13.9.